The van der Waals surface area contributed by atoms with Crippen LogP contribution in [0, 0.1) is 5.82 Å². The highest BCUT2D eigenvalue weighted by Crippen LogP contribution is 2.25. The van der Waals surface area contributed by atoms with Crippen molar-refractivity contribution >= 4 is 17.2 Å². The number of rotatable bonds is 1. The van der Waals surface area contributed by atoms with Crippen LogP contribution in [0.1, 0.15) is 12.0 Å². The van der Waals surface area contributed by atoms with Gasteiger partial charge in [-0.05, 0) is 24.6 Å². The van der Waals surface area contributed by atoms with Crippen LogP contribution in [0.25, 0.3) is 5.57 Å². The number of hydrogen-bond acceptors (Lipinski definition) is 2. The zero-order valence-corrected chi connectivity index (χ0v) is 8.31. The smallest absolute Gasteiger partial charge is 0.142 e. The predicted octanol–water partition coefficient (Wildman–Crippen LogP) is 2.25. The lowest BCUT2D eigenvalue weighted by atomic mass is 10.0. The standard InChI is InChI=1S/C10H10ClFN2/c11-10-9(5-8(12)6-14-10)7-1-3-13-4-2-7/h1,5-6,13H,2-4H2. The van der Waals surface area contributed by atoms with Crippen LogP contribution in [0.3, 0.4) is 0 Å². The van der Waals surface area contributed by atoms with E-state index in [1.54, 1.807) is 0 Å². The molecule has 0 atom stereocenters. The molecular formula is C10H10ClFN2. The van der Waals surface area contributed by atoms with Gasteiger partial charge >= 0.3 is 0 Å². The lowest BCUT2D eigenvalue weighted by molar-refractivity contribution is 0.620. The van der Waals surface area contributed by atoms with Crippen molar-refractivity contribution in [1.29, 1.82) is 0 Å². The highest BCUT2D eigenvalue weighted by Gasteiger charge is 2.10. The lowest BCUT2D eigenvalue weighted by Crippen LogP contribution is -2.20. The molecule has 0 amide bonds. The number of nitrogens with one attached hydrogen (secondary N) is 1. The molecule has 1 aromatic rings. The van der Waals surface area contributed by atoms with Crippen LogP contribution in [0.15, 0.2) is 18.3 Å². The molecule has 1 aliphatic heterocycles. The van der Waals surface area contributed by atoms with Gasteiger partial charge in [0.1, 0.15) is 11.0 Å². The van der Waals surface area contributed by atoms with E-state index < -0.39 is 0 Å². The first kappa shape index (κ1) is 9.62. The second-order valence-corrected chi connectivity index (χ2v) is 3.53. The Hall–Kier alpha value is -0.930. The van der Waals surface area contributed by atoms with E-state index >= 15 is 0 Å². The van der Waals surface area contributed by atoms with Crippen LogP contribution >= 0.6 is 11.6 Å². The fourth-order valence-corrected chi connectivity index (χ4v) is 1.74. The lowest BCUT2D eigenvalue weighted by Gasteiger charge is -2.14. The van der Waals surface area contributed by atoms with E-state index in [9.17, 15) is 4.39 Å². The van der Waals surface area contributed by atoms with Crippen LogP contribution in [0.5, 0.6) is 0 Å². The van der Waals surface area contributed by atoms with Crippen molar-refractivity contribution in [2.24, 2.45) is 0 Å². The summed E-state index contributed by atoms with van der Waals surface area (Å²) in [5.74, 6) is -0.344. The number of hydrogen-bond donors (Lipinski definition) is 1. The molecule has 0 bridgehead atoms. The summed E-state index contributed by atoms with van der Waals surface area (Å²) in [6.07, 6.45) is 4.02. The summed E-state index contributed by atoms with van der Waals surface area (Å²) < 4.78 is 12.9. The molecule has 0 aliphatic carbocycles. The van der Waals surface area contributed by atoms with E-state index in [2.05, 4.69) is 10.3 Å². The first-order valence-corrected chi connectivity index (χ1v) is 4.86. The van der Waals surface area contributed by atoms with E-state index in [1.807, 2.05) is 6.08 Å². The quantitative estimate of drug-likeness (QED) is 0.723. The van der Waals surface area contributed by atoms with E-state index in [0.29, 0.717) is 10.7 Å². The summed E-state index contributed by atoms with van der Waals surface area (Å²) in [6, 6.07) is 1.44. The molecule has 0 fully saturated rings. The highest BCUT2D eigenvalue weighted by molar-refractivity contribution is 6.31. The average molecular weight is 213 g/mol. The van der Waals surface area contributed by atoms with Crippen LogP contribution in [-0.4, -0.2) is 18.1 Å². The van der Waals surface area contributed by atoms with Gasteiger partial charge in [0.05, 0.1) is 6.20 Å². The minimum Gasteiger partial charge on any atom is -0.313 e. The van der Waals surface area contributed by atoms with Crippen LogP contribution in [0.4, 0.5) is 4.39 Å². The summed E-state index contributed by atoms with van der Waals surface area (Å²) in [6.45, 7) is 1.71. The van der Waals surface area contributed by atoms with Crippen molar-refractivity contribution in [3.63, 3.8) is 0 Å². The summed E-state index contributed by atoms with van der Waals surface area (Å²) in [4.78, 5) is 3.78. The third kappa shape index (κ3) is 1.94. The van der Waals surface area contributed by atoms with Gasteiger partial charge in [0.25, 0.3) is 0 Å². The zero-order chi connectivity index (χ0) is 9.97. The summed E-state index contributed by atoms with van der Waals surface area (Å²) in [5.41, 5.74) is 1.79. The molecule has 0 spiro atoms. The van der Waals surface area contributed by atoms with E-state index in [0.717, 1.165) is 31.3 Å². The minimum atomic E-state index is -0.344. The van der Waals surface area contributed by atoms with Gasteiger partial charge in [0.15, 0.2) is 0 Å². The van der Waals surface area contributed by atoms with Crippen molar-refractivity contribution in [2.45, 2.75) is 6.42 Å². The van der Waals surface area contributed by atoms with Gasteiger partial charge in [-0.25, -0.2) is 9.37 Å². The maximum Gasteiger partial charge on any atom is 0.142 e. The minimum absolute atomic E-state index is 0.344. The molecule has 4 heteroatoms. The molecule has 14 heavy (non-hydrogen) atoms. The predicted molar refractivity (Wildman–Crippen MR) is 54.7 cm³/mol. The number of aromatic nitrogens is 1. The Labute approximate surface area is 86.8 Å². The van der Waals surface area contributed by atoms with Crippen molar-refractivity contribution in [2.75, 3.05) is 13.1 Å². The van der Waals surface area contributed by atoms with Gasteiger partial charge in [-0.3, -0.25) is 0 Å². The highest BCUT2D eigenvalue weighted by atomic mass is 35.5. The molecular weight excluding hydrogens is 203 g/mol. The van der Waals surface area contributed by atoms with Gasteiger partial charge < -0.3 is 5.32 Å². The number of pyridine rings is 1. The molecule has 1 N–H and O–H groups in total. The van der Waals surface area contributed by atoms with Crippen molar-refractivity contribution in [3.05, 3.63) is 34.9 Å². The molecule has 0 saturated carbocycles. The Bertz CT molecular complexity index is 376. The number of nitrogens with zero attached hydrogens (tertiary/aromatic N) is 1. The molecule has 0 radical (unpaired) electrons. The third-order valence-corrected chi connectivity index (χ3v) is 2.52. The van der Waals surface area contributed by atoms with Crippen molar-refractivity contribution in [1.82, 2.24) is 10.3 Å². The Balaban J connectivity index is 2.39. The van der Waals surface area contributed by atoms with Gasteiger partial charge in [0.2, 0.25) is 0 Å². The average Bonchev–Trinajstić information content (AvgIpc) is 2.23. The third-order valence-electron chi connectivity index (χ3n) is 2.22. The van der Waals surface area contributed by atoms with Crippen LogP contribution < -0.4 is 5.32 Å². The monoisotopic (exact) mass is 212 g/mol. The van der Waals surface area contributed by atoms with E-state index in [1.165, 1.54) is 6.07 Å². The van der Waals surface area contributed by atoms with Gasteiger partial charge in [0, 0.05) is 12.1 Å². The maximum absolute atomic E-state index is 12.9. The molecule has 1 aliphatic rings. The Morgan fingerprint density at radius 3 is 3.07 bits per heavy atom. The molecule has 74 valence electrons. The summed E-state index contributed by atoms with van der Waals surface area (Å²) in [5, 5.41) is 3.56. The van der Waals surface area contributed by atoms with Gasteiger partial charge in [-0.1, -0.05) is 17.7 Å². The maximum atomic E-state index is 12.9. The van der Waals surface area contributed by atoms with E-state index in [4.69, 9.17) is 11.6 Å². The van der Waals surface area contributed by atoms with Crippen molar-refractivity contribution < 1.29 is 4.39 Å². The Morgan fingerprint density at radius 2 is 2.36 bits per heavy atom. The topological polar surface area (TPSA) is 24.9 Å². The summed E-state index contributed by atoms with van der Waals surface area (Å²) in [7, 11) is 0. The summed E-state index contributed by atoms with van der Waals surface area (Å²) >= 11 is 5.89. The second-order valence-electron chi connectivity index (χ2n) is 3.18. The molecule has 0 unspecified atom stereocenters. The fourth-order valence-electron chi connectivity index (χ4n) is 1.51. The number of halogens is 2. The van der Waals surface area contributed by atoms with Gasteiger partial charge in [-0.15, -0.1) is 0 Å². The fraction of sp³-hybridized carbons (Fsp3) is 0.300. The SMILES string of the molecule is Fc1cnc(Cl)c(C2=CCNCC2)c1. The second kappa shape index (κ2) is 4.07. The molecule has 2 nitrogen and oxygen atoms in total. The molecule has 0 aromatic carbocycles. The molecule has 2 heterocycles. The van der Waals surface area contributed by atoms with Crippen molar-refractivity contribution in [3.8, 4) is 0 Å². The van der Waals surface area contributed by atoms with Gasteiger partial charge in [-0.2, -0.15) is 0 Å². The van der Waals surface area contributed by atoms with Crippen LogP contribution in [-0.2, 0) is 0 Å². The first-order chi connectivity index (χ1) is 6.77. The zero-order valence-electron chi connectivity index (χ0n) is 7.56. The molecule has 1 aromatic heterocycles. The molecule has 2 rings (SSSR count). The Kier molecular flexibility index (Phi) is 2.79. The Morgan fingerprint density at radius 1 is 1.50 bits per heavy atom. The largest absolute Gasteiger partial charge is 0.313 e. The normalized spacial score (nSPS) is 16.6. The molecule has 0 saturated heterocycles. The van der Waals surface area contributed by atoms with E-state index in [-0.39, 0.29) is 5.82 Å². The van der Waals surface area contributed by atoms with Crippen LogP contribution in [0.2, 0.25) is 5.15 Å². The first-order valence-electron chi connectivity index (χ1n) is 4.48.